The van der Waals surface area contributed by atoms with Crippen molar-refractivity contribution in [3.8, 4) is 0 Å². The molecule has 0 aliphatic carbocycles. The molecule has 0 aromatic carbocycles. The summed E-state index contributed by atoms with van der Waals surface area (Å²) in [6.07, 6.45) is 1.35. The first-order valence-electron chi connectivity index (χ1n) is 4.76. The lowest BCUT2D eigenvalue weighted by Gasteiger charge is -2.10. The number of aromatic nitrogens is 3. The van der Waals surface area contributed by atoms with E-state index in [0.29, 0.717) is 5.69 Å². The number of anilines is 2. The van der Waals surface area contributed by atoms with Crippen LogP contribution in [0.15, 0.2) is 26.4 Å². The summed E-state index contributed by atoms with van der Waals surface area (Å²) in [7, 11) is 1.44. The molecule has 0 bridgehead atoms. The third-order valence-electron chi connectivity index (χ3n) is 2.44. The first-order valence-corrected chi connectivity index (χ1v) is 4.76. The van der Waals surface area contributed by atoms with Gasteiger partial charge in [-0.25, -0.2) is 4.79 Å². The number of nitrogen functional groups attached to an aromatic ring is 2. The van der Waals surface area contributed by atoms with Gasteiger partial charge in [-0.05, 0) is 0 Å². The third-order valence-corrected chi connectivity index (χ3v) is 2.44. The minimum absolute atomic E-state index is 0.00745. The highest BCUT2D eigenvalue weighted by atomic mass is 16.5. The number of hydrogen-bond acceptors (Lipinski definition) is 6. The van der Waals surface area contributed by atoms with Crippen molar-refractivity contribution in [2.45, 2.75) is 6.54 Å². The third kappa shape index (κ3) is 1.69. The summed E-state index contributed by atoms with van der Waals surface area (Å²) in [5.74, 6) is -0.0450. The van der Waals surface area contributed by atoms with E-state index in [4.69, 9.17) is 11.5 Å². The van der Waals surface area contributed by atoms with Gasteiger partial charge < -0.3 is 16.0 Å². The van der Waals surface area contributed by atoms with Gasteiger partial charge in [0.05, 0.1) is 6.54 Å². The van der Waals surface area contributed by atoms with Gasteiger partial charge in [-0.2, -0.15) is 0 Å². The molecule has 2 aromatic heterocycles. The van der Waals surface area contributed by atoms with Gasteiger partial charge in [-0.15, -0.1) is 0 Å². The number of hydrogen-bond donors (Lipinski definition) is 2. The number of rotatable bonds is 2. The maximum absolute atomic E-state index is 11.8. The summed E-state index contributed by atoms with van der Waals surface area (Å²) in [6, 6.07) is 1.55. The van der Waals surface area contributed by atoms with Crippen molar-refractivity contribution in [3.05, 3.63) is 38.9 Å². The van der Waals surface area contributed by atoms with E-state index in [1.54, 1.807) is 6.07 Å². The standard InChI is InChI=1S/C9H11N5O3/c1-13-7(11)6(10)8(15)14(9(13)16)4-5-2-3-17-12-5/h2-3H,4,10-11H2,1H3. The van der Waals surface area contributed by atoms with E-state index in [1.165, 1.54) is 13.3 Å². The molecular weight excluding hydrogens is 226 g/mol. The summed E-state index contributed by atoms with van der Waals surface area (Å²) in [6.45, 7) is -0.00745. The van der Waals surface area contributed by atoms with Gasteiger partial charge in [-0.1, -0.05) is 5.16 Å². The average molecular weight is 237 g/mol. The molecule has 8 nitrogen and oxygen atoms in total. The highest BCUT2D eigenvalue weighted by Gasteiger charge is 2.13. The fraction of sp³-hybridized carbons (Fsp3) is 0.222. The van der Waals surface area contributed by atoms with Crippen molar-refractivity contribution in [1.82, 2.24) is 14.3 Å². The molecule has 2 heterocycles. The minimum atomic E-state index is -0.631. The quantitative estimate of drug-likeness (QED) is 0.672. The van der Waals surface area contributed by atoms with Crippen molar-refractivity contribution in [2.24, 2.45) is 7.05 Å². The van der Waals surface area contributed by atoms with Crippen LogP contribution in [0.4, 0.5) is 11.5 Å². The van der Waals surface area contributed by atoms with Gasteiger partial charge >= 0.3 is 5.69 Å². The van der Waals surface area contributed by atoms with Gasteiger partial charge in [0.2, 0.25) is 0 Å². The molecule has 2 aromatic rings. The van der Waals surface area contributed by atoms with Gasteiger partial charge in [0.15, 0.2) is 0 Å². The minimum Gasteiger partial charge on any atom is -0.391 e. The molecule has 4 N–H and O–H groups in total. The lowest BCUT2D eigenvalue weighted by Crippen LogP contribution is -2.41. The molecule has 0 saturated carbocycles. The Morgan fingerprint density at radius 1 is 1.41 bits per heavy atom. The molecule has 8 heteroatoms. The lowest BCUT2D eigenvalue weighted by atomic mass is 10.4. The highest BCUT2D eigenvalue weighted by molar-refractivity contribution is 5.56. The second-order valence-corrected chi connectivity index (χ2v) is 3.52. The van der Waals surface area contributed by atoms with Crippen LogP contribution < -0.4 is 22.7 Å². The van der Waals surface area contributed by atoms with Crippen LogP contribution in [0.1, 0.15) is 5.69 Å². The predicted molar refractivity (Wildman–Crippen MR) is 60.4 cm³/mol. The smallest absolute Gasteiger partial charge is 0.332 e. The van der Waals surface area contributed by atoms with Gasteiger partial charge in [-0.3, -0.25) is 13.9 Å². The second kappa shape index (κ2) is 3.81. The summed E-state index contributed by atoms with van der Waals surface area (Å²) in [5, 5.41) is 3.62. The SMILES string of the molecule is Cn1c(N)c(N)c(=O)n(Cc2ccon2)c1=O. The van der Waals surface area contributed by atoms with E-state index >= 15 is 0 Å². The Kier molecular flexibility index (Phi) is 2.47. The molecule has 0 aliphatic rings. The molecule has 0 saturated heterocycles. The van der Waals surface area contributed by atoms with Crippen LogP contribution in [-0.4, -0.2) is 14.3 Å². The van der Waals surface area contributed by atoms with Crippen molar-refractivity contribution in [1.29, 1.82) is 0 Å². The largest absolute Gasteiger partial charge is 0.391 e. The van der Waals surface area contributed by atoms with Crippen LogP contribution in [0.2, 0.25) is 0 Å². The second-order valence-electron chi connectivity index (χ2n) is 3.52. The lowest BCUT2D eigenvalue weighted by molar-refractivity contribution is 0.408. The summed E-state index contributed by atoms with van der Waals surface area (Å²) in [5.41, 5.74) is 10.1. The predicted octanol–water partition coefficient (Wildman–Crippen LogP) is -1.25. The Balaban J connectivity index is 2.63. The summed E-state index contributed by atoms with van der Waals surface area (Å²) >= 11 is 0. The van der Waals surface area contributed by atoms with Crippen molar-refractivity contribution in [2.75, 3.05) is 11.5 Å². The Morgan fingerprint density at radius 3 is 2.71 bits per heavy atom. The van der Waals surface area contributed by atoms with E-state index < -0.39 is 11.2 Å². The van der Waals surface area contributed by atoms with Crippen molar-refractivity contribution < 1.29 is 4.52 Å². The molecular formula is C9H11N5O3. The van der Waals surface area contributed by atoms with Gasteiger partial charge in [0.1, 0.15) is 23.5 Å². The van der Waals surface area contributed by atoms with E-state index in [0.717, 1.165) is 9.13 Å². The van der Waals surface area contributed by atoms with Gasteiger partial charge in [0, 0.05) is 13.1 Å². The summed E-state index contributed by atoms with van der Waals surface area (Å²) in [4.78, 5) is 23.6. The molecule has 0 amide bonds. The molecule has 0 fully saturated rings. The molecule has 0 aliphatic heterocycles. The molecule has 0 spiro atoms. The van der Waals surface area contributed by atoms with Crippen LogP contribution in [0.5, 0.6) is 0 Å². The fourth-order valence-electron chi connectivity index (χ4n) is 1.43. The van der Waals surface area contributed by atoms with Gasteiger partial charge in [0.25, 0.3) is 5.56 Å². The first kappa shape index (κ1) is 11.0. The Morgan fingerprint density at radius 2 is 2.12 bits per heavy atom. The first-order chi connectivity index (χ1) is 8.02. The maximum atomic E-state index is 11.8. The monoisotopic (exact) mass is 237 g/mol. The average Bonchev–Trinajstić information content (AvgIpc) is 2.82. The topological polar surface area (TPSA) is 122 Å². The van der Waals surface area contributed by atoms with Crippen molar-refractivity contribution >= 4 is 11.5 Å². The number of nitrogens with two attached hydrogens (primary N) is 2. The van der Waals surface area contributed by atoms with E-state index in [2.05, 4.69) is 9.68 Å². The van der Waals surface area contributed by atoms with E-state index in [1.807, 2.05) is 0 Å². The van der Waals surface area contributed by atoms with E-state index in [-0.39, 0.29) is 18.1 Å². The molecule has 0 unspecified atom stereocenters. The molecule has 0 atom stereocenters. The summed E-state index contributed by atoms with van der Waals surface area (Å²) < 4.78 is 6.68. The van der Waals surface area contributed by atoms with Crippen LogP contribution in [-0.2, 0) is 13.6 Å². The van der Waals surface area contributed by atoms with Crippen molar-refractivity contribution in [3.63, 3.8) is 0 Å². The number of nitrogens with zero attached hydrogens (tertiary/aromatic N) is 3. The fourth-order valence-corrected chi connectivity index (χ4v) is 1.43. The zero-order valence-electron chi connectivity index (χ0n) is 9.08. The van der Waals surface area contributed by atoms with Crippen LogP contribution in [0, 0.1) is 0 Å². The molecule has 17 heavy (non-hydrogen) atoms. The zero-order valence-corrected chi connectivity index (χ0v) is 9.08. The normalized spacial score (nSPS) is 10.6. The van der Waals surface area contributed by atoms with Crippen LogP contribution in [0.3, 0.4) is 0 Å². The Bertz CT molecular complexity index is 615. The molecule has 2 rings (SSSR count). The van der Waals surface area contributed by atoms with E-state index in [9.17, 15) is 9.59 Å². The highest BCUT2D eigenvalue weighted by Crippen LogP contribution is 2.04. The molecule has 90 valence electrons. The maximum Gasteiger partial charge on any atom is 0.332 e. The van der Waals surface area contributed by atoms with Crippen LogP contribution >= 0.6 is 0 Å². The zero-order chi connectivity index (χ0) is 12.6. The Labute approximate surface area is 95.0 Å². The van der Waals surface area contributed by atoms with Crippen LogP contribution in [0.25, 0.3) is 0 Å². The molecule has 0 radical (unpaired) electrons. The Hall–Kier alpha value is -2.51.